The number of fused-ring (bicyclic) bond motifs is 1. The Balaban J connectivity index is 2.82. The van der Waals surface area contributed by atoms with Crippen LogP contribution < -0.4 is 4.74 Å². The lowest BCUT2D eigenvalue weighted by Gasteiger charge is -2.00. The summed E-state index contributed by atoms with van der Waals surface area (Å²) in [6.07, 6.45) is 0. The molecule has 1 N–H and O–H groups in total. The van der Waals surface area contributed by atoms with Crippen LogP contribution in [0.15, 0.2) is 18.2 Å². The van der Waals surface area contributed by atoms with Crippen molar-refractivity contribution in [1.29, 1.82) is 0 Å². The number of aromatic amines is 1. The highest BCUT2D eigenvalue weighted by atomic mass is 35.5. The van der Waals surface area contributed by atoms with E-state index in [4.69, 9.17) is 16.3 Å². The minimum absolute atomic E-state index is 0.0850. The highest BCUT2D eigenvalue weighted by molar-refractivity contribution is 6.39. The van der Waals surface area contributed by atoms with E-state index in [1.165, 1.54) is 6.92 Å². The first-order chi connectivity index (χ1) is 7.15. The van der Waals surface area contributed by atoms with Gasteiger partial charge < -0.3 is 9.72 Å². The van der Waals surface area contributed by atoms with Crippen molar-refractivity contribution in [2.24, 2.45) is 0 Å². The summed E-state index contributed by atoms with van der Waals surface area (Å²) in [6.45, 7) is 1.48. The number of rotatable bonds is 2. The molecule has 0 aliphatic carbocycles. The van der Waals surface area contributed by atoms with Gasteiger partial charge in [-0.05, 0) is 12.1 Å². The zero-order valence-corrected chi connectivity index (χ0v) is 9.18. The van der Waals surface area contributed by atoms with E-state index in [1.54, 1.807) is 7.11 Å². The molecule has 0 amide bonds. The standard InChI is InChI=1S/C11H10ClNO2/c1-6(14)11-10(12)9-7(13-11)4-3-5-8(9)15-2/h3-5,13H,1-2H3. The fraction of sp³-hybridized carbons (Fsp3) is 0.182. The van der Waals surface area contributed by atoms with Crippen molar-refractivity contribution >= 4 is 28.3 Å². The van der Waals surface area contributed by atoms with Crippen LogP contribution in [0.2, 0.25) is 5.02 Å². The molecule has 4 heteroatoms. The second-order valence-electron chi connectivity index (χ2n) is 3.25. The van der Waals surface area contributed by atoms with Crippen LogP contribution in [0, 0.1) is 0 Å². The van der Waals surface area contributed by atoms with Gasteiger partial charge in [0.05, 0.1) is 23.0 Å². The molecule has 0 atom stereocenters. The topological polar surface area (TPSA) is 42.1 Å². The molecule has 0 fully saturated rings. The molecule has 3 nitrogen and oxygen atoms in total. The average Bonchev–Trinajstić information content (AvgIpc) is 2.56. The number of Topliss-reactive ketones (excluding diaryl/α,β-unsaturated/α-hetero) is 1. The van der Waals surface area contributed by atoms with Crippen molar-refractivity contribution in [1.82, 2.24) is 4.98 Å². The molecule has 1 heterocycles. The van der Waals surface area contributed by atoms with E-state index in [1.807, 2.05) is 18.2 Å². The monoisotopic (exact) mass is 223 g/mol. The Morgan fingerprint density at radius 1 is 1.47 bits per heavy atom. The molecule has 0 spiro atoms. The number of nitrogens with one attached hydrogen (secondary N) is 1. The molecular formula is C11H10ClNO2. The number of halogens is 1. The fourth-order valence-electron chi connectivity index (χ4n) is 1.59. The molecule has 0 radical (unpaired) electrons. The van der Waals surface area contributed by atoms with Gasteiger partial charge in [0.1, 0.15) is 11.4 Å². The first kappa shape index (κ1) is 10.1. The van der Waals surface area contributed by atoms with Gasteiger partial charge in [-0.2, -0.15) is 0 Å². The Hall–Kier alpha value is -1.48. The van der Waals surface area contributed by atoms with Gasteiger partial charge in [0.2, 0.25) is 0 Å². The number of benzene rings is 1. The van der Waals surface area contributed by atoms with Crippen molar-refractivity contribution in [3.8, 4) is 5.75 Å². The van der Waals surface area contributed by atoms with Crippen LogP contribution in [0.4, 0.5) is 0 Å². The van der Waals surface area contributed by atoms with E-state index >= 15 is 0 Å². The van der Waals surface area contributed by atoms with Gasteiger partial charge in [-0.15, -0.1) is 0 Å². The maximum absolute atomic E-state index is 11.3. The summed E-state index contributed by atoms with van der Waals surface area (Å²) in [4.78, 5) is 14.3. The highest BCUT2D eigenvalue weighted by Crippen LogP contribution is 2.34. The van der Waals surface area contributed by atoms with Gasteiger partial charge in [0, 0.05) is 6.92 Å². The van der Waals surface area contributed by atoms with E-state index in [0.717, 1.165) is 10.9 Å². The molecular weight excluding hydrogens is 214 g/mol. The second kappa shape index (κ2) is 3.59. The summed E-state index contributed by atoms with van der Waals surface area (Å²) in [6, 6.07) is 5.51. The van der Waals surface area contributed by atoms with Crippen LogP contribution in [0.5, 0.6) is 5.75 Å². The second-order valence-corrected chi connectivity index (χ2v) is 3.63. The van der Waals surface area contributed by atoms with E-state index in [-0.39, 0.29) is 5.78 Å². The summed E-state index contributed by atoms with van der Waals surface area (Å²) in [5, 5.41) is 1.18. The first-order valence-electron chi connectivity index (χ1n) is 4.50. The van der Waals surface area contributed by atoms with Crippen molar-refractivity contribution in [2.75, 3.05) is 7.11 Å². The number of H-pyrrole nitrogens is 1. The summed E-state index contributed by atoms with van der Waals surface area (Å²) < 4.78 is 5.19. The molecule has 1 aromatic carbocycles. The van der Waals surface area contributed by atoms with Crippen LogP contribution in [-0.2, 0) is 0 Å². The van der Waals surface area contributed by atoms with Crippen LogP contribution in [0.25, 0.3) is 10.9 Å². The normalized spacial score (nSPS) is 10.6. The van der Waals surface area contributed by atoms with E-state index in [0.29, 0.717) is 16.5 Å². The van der Waals surface area contributed by atoms with Crippen LogP contribution in [-0.4, -0.2) is 17.9 Å². The largest absolute Gasteiger partial charge is 0.496 e. The molecule has 0 saturated carbocycles. The fourth-order valence-corrected chi connectivity index (χ4v) is 1.96. The van der Waals surface area contributed by atoms with E-state index in [9.17, 15) is 4.79 Å². The number of ketones is 1. The number of carbonyl (C=O) groups excluding carboxylic acids is 1. The summed E-state index contributed by atoms with van der Waals surface area (Å²) in [7, 11) is 1.57. The minimum Gasteiger partial charge on any atom is -0.496 e. The Morgan fingerprint density at radius 3 is 2.80 bits per heavy atom. The number of ether oxygens (including phenoxy) is 1. The minimum atomic E-state index is -0.0850. The molecule has 0 bridgehead atoms. The molecule has 0 aliphatic rings. The number of aromatic nitrogens is 1. The maximum Gasteiger partial charge on any atom is 0.177 e. The summed E-state index contributed by atoms with van der Waals surface area (Å²) in [5.41, 5.74) is 1.24. The number of hydrogen-bond donors (Lipinski definition) is 1. The van der Waals surface area contributed by atoms with Gasteiger partial charge in [0.25, 0.3) is 0 Å². The maximum atomic E-state index is 11.3. The lowest BCUT2D eigenvalue weighted by molar-refractivity contribution is 0.101. The molecule has 1 aromatic heterocycles. The highest BCUT2D eigenvalue weighted by Gasteiger charge is 2.15. The van der Waals surface area contributed by atoms with Crippen molar-refractivity contribution in [3.63, 3.8) is 0 Å². The van der Waals surface area contributed by atoms with Crippen LogP contribution >= 0.6 is 11.6 Å². The van der Waals surface area contributed by atoms with E-state index in [2.05, 4.69) is 4.98 Å². The number of carbonyl (C=O) groups is 1. The third kappa shape index (κ3) is 1.49. The summed E-state index contributed by atoms with van der Waals surface area (Å²) in [5.74, 6) is 0.583. The van der Waals surface area contributed by atoms with Crippen molar-refractivity contribution in [2.45, 2.75) is 6.92 Å². The van der Waals surface area contributed by atoms with Crippen LogP contribution in [0.1, 0.15) is 17.4 Å². The Morgan fingerprint density at radius 2 is 2.20 bits per heavy atom. The Kier molecular flexibility index (Phi) is 2.40. The number of methoxy groups -OCH3 is 1. The summed E-state index contributed by atoms with van der Waals surface area (Å²) >= 11 is 6.10. The predicted molar refractivity (Wildman–Crippen MR) is 59.9 cm³/mol. The molecule has 15 heavy (non-hydrogen) atoms. The Labute approximate surface area is 92.0 Å². The molecule has 0 aliphatic heterocycles. The van der Waals surface area contributed by atoms with E-state index < -0.39 is 0 Å². The smallest absolute Gasteiger partial charge is 0.177 e. The van der Waals surface area contributed by atoms with Gasteiger partial charge in [-0.1, -0.05) is 17.7 Å². The zero-order valence-electron chi connectivity index (χ0n) is 8.43. The predicted octanol–water partition coefficient (Wildman–Crippen LogP) is 3.03. The van der Waals surface area contributed by atoms with Crippen LogP contribution in [0.3, 0.4) is 0 Å². The molecule has 78 valence electrons. The van der Waals surface area contributed by atoms with Crippen molar-refractivity contribution < 1.29 is 9.53 Å². The molecule has 2 rings (SSSR count). The zero-order chi connectivity index (χ0) is 11.0. The molecule has 0 saturated heterocycles. The first-order valence-corrected chi connectivity index (χ1v) is 4.88. The van der Waals surface area contributed by atoms with Gasteiger partial charge in [-0.3, -0.25) is 4.79 Å². The van der Waals surface area contributed by atoms with Gasteiger partial charge in [-0.25, -0.2) is 0 Å². The molecule has 0 unspecified atom stereocenters. The van der Waals surface area contributed by atoms with Gasteiger partial charge >= 0.3 is 0 Å². The quantitative estimate of drug-likeness (QED) is 0.796. The lowest BCUT2D eigenvalue weighted by atomic mass is 10.2. The van der Waals surface area contributed by atoms with Crippen molar-refractivity contribution in [3.05, 3.63) is 28.9 Å². The molecule has 2 aromatic rings. The van der Waals surface area contributed by atoms with Gasteiger partial charge in [0.15, 0.2) is 5.78 Å². The Bertz CT molecular complexity index is 531. The lowest BCUT2D eigenvalue weighted by Crippen LogP contribution is -1.91. The third-order valence-electron chi connectivity index (χ3n) is 2.30. The third-order valence-corrected chi connectivity index (χ3v) is 2.67. The number of hydrogen-bond acceptors (Lipinski definition) is 2. The SMILES string of the molecule is COc1cccc2[nH]c(C(C)=O)c(Cl)c12. The average molecular weight is 224 g/mol.